The van der Waals surface area contributed by atoms with E-state index in [4.69, 9.17) is 0 Å². The Morgan fingerprint density at radius 3 is 1.47 bits per heavy atom. The fraction of sp³-hybridized carbons (Fsp3) is 0.200. The minimum atomic E-state index is 0.392. The van der Waals surface area contributed by atoms with Gasteiger partial charge in [-0.3, -0.25) is 0 Å². The molecule has 212 valence electrons. The molecule has 1 atom stereocenters. The molecule has 3 heteroatoms. The van der Waals surface area contributed by atoms with Gasteiger partial charge in [0.1, 0.15) is 0 Å². The van der Waals surface area contributed by atoms with Crippen LogP contribution < -0.4 is 16.0 Å². The van der Waals surface area contributed by atoms with E-state index >= 15 is 0 Å². The van der Waals surface area contributed by atoms with Crippen LogP contribution in [0, 0.1) is 0 Å². The summed E-state index contributed by atoms with van der Waals surface area (Å²) in [6.07, 6.45) is 1.10. The van der Waals surface area contributed by atoms with Gasteiger partial charge in [-0.25, -0.2) is 0 Å². The van der Waals surface area contributed by atoms with E-state index in [2.05, 4.69) is 132 Å². The molecule has 8 aromatic rings. The maximum absolute atomic E-state index is 3.76. The number of nitrogens with one attached hydrogen (secondary N) is 3. The lowest BCUT2D eigenvalue weighted by molar-refractivity contribution is 0.493. The van der Waals surface area contributed by atoms with Crippen LogP contribution in [0.4, 0.5) is 0 Å². The highest BCUT2D eigenvalue weighted by atomic mass is 15.0. The van der Waals surface area contributed by atoms with E-state index in [9.17, 15) is 0 Å². The summed E-state index contributed by atoms with van der Waals surface area (Å²) in [5.41, 5.74) is 2.75. The van der Waals surface area contributed by atoms with Gasteiger partial charge in [0.25, 0.3) is 0 Å². The molecule has 0 spiro atoms. The Balaban J connectivity index is 0.833. The molecule has 8 aromatic carbocycles. The zero-order valence-electron chi connectivity index (χ0n) is 24.7. The maximum atomic E-state index is 3.76. The van der Waals surface area contributed by atoms with Crippen molar-refractivity contribution in [2.45, 2.75) is 32.5 Å². The predicted molar refractivity (Wildman–Crippen MR) is 186 cm³/mol. The molecule has 3 nitrogen and oxygen atoms in total. The molecule has 0 bridgehead atoms. The van der Waals surface area contributed by atoms with E-state index in [0.29, 0.717) is 6.04 Å². The van der Waals surface area contributed by atoms with Gasteiger partial charge in [-0.2, -0.15) is 0 Å². The molecule has 0 aliphatic rings. The van der Waals surface area contributed by atoms with Gasteiger partial charge in [-0.05, 0) is 102 Å². The summed E-state index contributed by atoms with van der Waals surface area (Å²) in [5, 5.41) is 27.4. The quantitative estimate of drug-likeness (QED) is 0.110. The van der Waals surface area contributed by atoms with E-state index in [1.165, 1.54) is 75.8 Å². The molecule has 0 aromatic heterocycles. The Labute approximate surface area is 252 Å². The molecular weight excluding hydrogens is 522 g/mol. The SMILES string of the molecule is CC(CNCCCNCc1ccc2ccc3cccc4ccc1c2c34)NCc1ccc2ccc3cccc4ccc1c2c34. The van der Waals surface area contributed by atoms with Gasteiger partial charge >= 0.3 is 0 Å². The highest BCUT2D eigenvalue weighted by molar-refractivity contribution is 6.24. The van der Waals surface area contributed by atoms with Crippen LogP contribution in [-0.2, 0) is 13.1 Å². The van der Waals surface area contributed by atoms with E-state index in [0.717, 1.165) is 39.1 Å². The smallest absolute Gasteiger partial charge is 0.0214 e. The fourth-order valence-electron chi connectivity index (χ4n) is 7.14. The molecular formula is C40H37N3. The molecule has 0 amide bonds. The van der Waals surface area contributed by atoms with Gasteiger partial charge in [0.15, 0.2) is 0 Å². The molecule has 0 saturated heterocycles. The summed E-state index contributed by atoms with van der Waals surface area (Å²) in [7, 11) is 0. The topological polar surface area (TPSA) is 36.1 Å². The first kappa shape index (κ1) is 26.4. The first-order valence-electron chi connectivity index (χ1n) is 15.7. The van der Waals surface area contributed by atoms with Crippen LogP contribution in [0.1, 0.15) is 24.5 Å². The van der Waals surface area contributed by atoms with Crippen LogP contribution in [0.2, 0.25) is 0 Å². The number of rotatable bonds is 11. The molecule has 0 fully saturated rings. The van der Waals surface area contributed by atoms with E-state index in [1.54, 1.807) is 0 Å². The van der Waals surface area contributed by atoms with Crippen molar-refractivity contribution in [2.75, 3.05) is 19.6 Å². The molecule has 1 unspecified atom stereocenters. The van der Waals surface area contributed by atoms with Crippen LogP contribution in [0.3, 0.4) is 0 Å². The molecule has 3 N–H and O–H groups in total. The maximum Gasteiger partial charge on any atom is 0.0214 e. The van der Waals surface area contributed by atoms with Gasteiger partial charge in [0, 0.05) is 25.7 Å². The number of benzene rings is 8. The van der Waals surface area contributed by atoms with Crippen molar-refractivity contribution in [3.05, 3.63) is 120 Å². The summed E-state index contributed by atoms with van der Waals surface area (Å²) in [6, 6.07) is 40.9. The molecule has 0 radical (unpaired) electrons. The lowest BCUT2D eigenvalue weighted by Gasteiger charge is -2.18. The van der Waals surface area contributed by atoms with Crippen molar-refractivity contribution in [3.63, 3.8) is 0 Å². The summed E-state index contributed by atoms with van der Waals surface area (Å²) in [5.74, 6) is 0. The van der Waals surface area contributed by atoms with E-state index in [1.807, 2.05) is 0 Å². The van der Waals surface area contributed by atoms with Crippen molar-refractivity contribution < 1.29 is 0 Å². The zero-order valence-corrected chi connectivity index (χ0v) is 24.7. The second-order valence-corrected chi connectivity index (χ2v) is 12.2. The molecule has 0 aliphatic heterocycles. The third kappa shape index (κ3) is 4.74. The second kappa shape index (κ2) is 11.1. The fourth-order valence-corrected chi connectivity index (χ4v) is 7.14. The Kier molecular flexibility index (Phi) is 6.80. The number of hydrogen-bond donors (Lipinski definition) is 3. The summed E-state index contributed by atoms with van der Waals surface area (Å²) in [6.45, 7) is 7.01. The second-order valence-electron chi connectivity index (χ2n) is 12.2. The van der Waals surface area contributed by atoms with Gasteiger partial charge in [-0.15, -0.1) is 0 Å². The average molecular weight is 560 g/mol. The standard InChI is InChI=1S/C40H37N3/c1-26(43-25-34-16-14-32-12-10-28-6-3-8-30-18-20-36(34)40(32)38(28)30)23-41-21-4-22-42-24-33-15-13-31-11-9-27-5-2-7-29-17-19-35(33)39(31)37(27)29/h2-3,5-20,26,41-43H,4,21-25H2,1H3. The lowest BCUT2D eigenvalue weighted by atomic mass is 9.92. The molecule has 0 aliphatic carbocycles. The van der Waals surface area contributed by atoms with Crippen LogP contribution in [0.5, 0.6) is 0 Å². The van der Waals surface area contributed by atoms with Gasteiger partial charge in [0.05, 0.1) is 0 Å². The Morgan fingerprint density at radius 2 is 0.907 bits per heavy atom. The van der Waals surface area contributed by atoms with Crippen LogP contribution in [-0.4, -0.2) is 25.7 Å². The Hall–Kier alpha value is -4.28. The minimum Gasteiger partial charge on any atom is -0.315 e. The first-order valence-corrected chi connectivity index (χ1v) is 15.7. The zero-order chi connectivity index (χ0) is 28.8. The highest BCUT2D eigenvalue weighted by Gasteiger charge is 2.12. The van der Waals surface area contributed by atoms with E-state index < -0.39 is 0 Å². The van der Waals surface area contributed by atoms with Gasteiger partial charge in [-0.1, -0.05) is 109 Å². The van der Waals surface area contributed by atoms with Crippen LogP contribution >= 0.6 is 0 Å². The largest absolute Gasteiger partial charge is 0.315 e. The monoisotopic (exact) mass is 559 g/mol. The van der Waals surface area contributed by atoms with Crippen LogP contribution in [0.25, 0.3) is 64.6 Å². The third-order valence-electron chi connectivity index (χ3n) is 9.35. The highest BCUT2D eigenvalue weighted by Crippen LogP contribution is 2.37. The van der Waals surface area contributed by atoms with Crippen molar-refractivity contribution >= 4 is 64.6 Å². The van der Waals surface area contributed by atoms with Crippen molar-refractivity contribution in [3.8, 4) is 0 Å². The molecule has 43 heavy (non-hydrogen) atoms. The van der Waals surface area contributed by atoms with Crippen molar-refractivity contribution in [1.82, 2.24) is 16.0 Å². The molecule has 0 saturated carbocycles. The Bertz CT molecular complexity index is 2170. The molecule has 0 heterocycles. The first-order chi connectivity index (χ1) is 21.2. The lowest BCUT2D eigenvalue weighted by Crippen LogP contribution is -2.36. The van der Waals surface area contributed by atoms with Gasteiger partial charge < -0.3 is 16.0 Å². The van der Waals surface area contributed by atoms with E-state index in [-0.39, 0.29) is 0 Å². The Morgan fingerprint density at radius 1 is 0.465 bits per heavy atom. The summed E-state index contributed by atoms with van der Waals surface area (Å²) in [4.78, 5) is 0. The average Bonchev–Trinajstić information content (AvgIpc) is 3.05. The van der Waals surface area contributed by atoms with Crippen molar-refractivity contribution in [2.24, 2.45) is 0 Å². The van der Waals surface area contributed by atoms with Gasteiger partial charge in [0.2, 0.25) is 0 Å². The summed E-state index contributed by atoms with van der Waals surface area (Å²) >= 11 is 0. The third-order valence-corrected chi connectivity index (χ3v) is 9.35. The summed E-state index contributed by atoms with van der Waals surface area (Å²) < 4.78 is 0. The number of hydrogen-bond acceptors (Lipinski definition) is 3. The minimum absolute atomic E-state index is 0.392. The normalized spacial score (nSPS) is 13.0. The van der Waals surface area contributed by atoms with Crippen LogP contribution in [0.15, 0.2) is 109 Å². The molecule has 8 rings (SSSR count). The predicted octanol–water partition coefficient (Wildman–Crippen LogP) is 8.73. The van der Waals surface area contributed by atoms with Crippen molar-refractivity contribution in [1.29, 1.82) is 0 Å².